The Labute approximate surface area is 158 Å². The second kappa shape index (κ2) is 6.81. The van der Waals surface area contributed by atoms with Crippen molar-refractivity contribution >= 4 is 29.1 Å². The zero-order valence-electron chi connectivity index (χ0n) is 14.1. The van der Waals surface area contributed by atoms with E-state index in [1.165, 1.54) is 10.7 Å². The van der Waals surface area contributed by atoms with Gasteiger partial charge in [0.05, 0.1) is 5.57 Å². The Morgan fingerprint density at radius 2 is 1.96 bits per heavy atom. The molecule has 1 aliphatic heterocycles. The number of halogens is 2. The molecule has 1 amide bonds. The van der Waals surface area contributed by atoms with Gasteiger partial charge in [-0.3, -0.25) is 4.79 Å². The summed E-state index contributed by atoms with van der Waals surface area (Å²) < 4.78 is 15.9. The Hall–Kier alpha value is -3.26. The van der Waals surface area contributed by atoms with E-state index in [-0.39, 0.29) is 0 Å². The fourth-order valence-electron chi connectivity index (χ4n) is 3.02. The number of hydrogen-bond donors (Lipinski definition) is 2. The minimum Gasteiger partial charge on any atom is -0.326 e. The normalized spacial score (nSPS) is 15.9. The summed E-state index contributed by atoms with van der Waals surface area (Å²) in [5.74, 6) is -0.504. The van der Waals surface area contributed by atoms with Gasteiger partial charge in [-0.25, -0.2) is 4.39 Å². The highest BCUT2D eigenvalue weighted by atomic mass is 35.5. The highest BCUT2D eigenvalue weighted by molar-refractivity contribution is 6.30. The lowest BCUT2D eigenvalue weighted by atomic mass is 9.94. The smallest absolute Gasteiger partial charge is 0.255 e. The van der Waals surface area contributed by atoms with Crippen LogP contribution in [0.25, 0.3) is 0 Å². The Balaban J connectivity index is 1.77. The third-order valence-corrected chi connectivity index (χ3v) is 4.51. The van der Waals surface area contributed by atoms with Gasteiger partial charge in [0.1, 0.15) is 11.9 Å². The summed E-state index contributed by atoms with van der Waals surface area (Å²) in [6.07, 6.45) is 0. The molecule has 0 radical (unpaired) electrons. The maximum atomic E-state index is 14.5. The fourth-order valence-corrected chi connectivity index (χ4v) is 3.15. The molecule has 7 nitrogen and oxygen atoms in total. The van der Waals surface area contributed by atoms with Crippen LogP contribution >= 0.6 is 11.6 Å². The molecule has 0 saturated carbocycles. The summed E-state index contributed by atoms with van der Waals surface area (Å²) in [5, 5.41) is 17.8. The Morgan fingerprint density at radius 3 is 2.70 bits per heavy atom. The van der Waals surface area contributed by atoms with Crippen LogP contribution in [0.4, 0.5) is 16.0 Å². The lowest BCUT2D eigenvalue weighted by molar-refractivity contribution is -0.113. The Morgan fingerprint density at radius 1 is 1.22 bits per heavy atom. The molecule has 1 atom stereocenters. The molecule has 0 aliphatic carbocycles. The molecule has 2 N–H and O–H groups in total. The highest BCUT2D eigenvalue weighted by Gasteiger charge is 2.35. The van der Waals surface area contributed by atoms with E-state index in [9.17, 15) is 9.18 Å². The van der Waals surface area contributed by atoms with Crippen LogP contribution in [0.5, 0.6) is 0 Å². The van der Waals surface area contributed by atoms with Gasteiger partial charge in [0.15, 0.2) is 0 Å². The first kappa shape index (κ1) is 17.2. The summed E-state index contributed by atoms with van der Waals surface area (Å²) in [4.78, 5) is 13.0. The molecule has 2 aromatic carbocycles. The van der Waals surface area contributed by atoms with E-state index < -0.39 is 17.8 Å². The SMILES string of the molecule is CC1=C(C(=O)Nc2ccc(Cl)cc2)[C@H](c2ccccc2F)n2nnnc2N1. The number of tetrazole rings is 1. The minimum absolute atomic E-state index is 0.299. The molecule has 0 spiro atoms. The van der Waals surface area contributed by atoms with E-state index in [0.29, 0.717) is 33.5 Å². The van der Waals surface area contributed by atoms with Crippen molar-refractivity contribution in [2.75, 3.05) is 10.6 Å². The molecule has 4 rings (SSSR count). The van der Waals surface area contributed by atoms with Crippen LogP contribution in [0.15, 0.2) is 59.8 Å². The van der Waals surface area contributed by atoms with Crippen LogP contribution in [0.1, 0.15) is 18.5 Å². The van der Waals surface area contributed by atoms with Crippen LogP contribution in [-0.4, -0.2) is 26.1 Å². The summed E-state index contributed by atoms with van der Waals surface area (Å²) in [6.45, 7) is 1.72. The van der Waals surface area contributed by atoms with Gasteiger partial charge in [0.2, 0.25) is 5.95 Å². The molecule has 0 saturated heterocycles. The number of amides is 1. The second-order valence-corrected chi connectivity index (χ2v) is 6.43. The van der Waals surface area contributed by atoms with E-state index >= 15 is 0 Å². The van der Waals surface area contributed by atoms with Crippen LogP contribution in [0, 0.1) is 5.82 Å². The standard InChI is InChI=1S/C18H14ClFN6O/c1-10-15(17(27)22-12-8-6-11(19)7-9-12)16(13-4-2-3-5-14(13)20)26-18(21-10)23-24-25-26/h2-9,16H,1H3,(H,22,27)(H,21,23,25)/t16-/m0/s1. The van der Waals surface area contributed by atoms with Crippen molar-refractivity contribution in [3.05, 3.63) is 76.2 Å². The monoisotopic (exact) mass is 384 g/mol. The van der Waals surface area contributed by atoms with E-state index in [0.717, 1.165) is 0 Å². The van der Waals surface area contributed by atoms with Crippen molar-refractivity contribution in [3.8, 4) is 0 Å². The number of rotatable bonds is 3. The van der Waals surface area contributed by atoms with E-state index in [4.69, 9.17) is 11.6 Å². The maximum Gasteiger partial charge on any atom is 0.255 e. The Kier molecular flexibility index (Phi) is 4.33. The summed E-state index contributed by atoms with van der Waals surface area (Å²) >= 11 is 5.89. The zero-order chi connectivity index (χ0) is 19.0. The number of benzene rings is 2. The average molecular weight is 385 g/mol. The maximum absolute atomic E-state index is 14.5. The quantitative estimate of drug-likeness (QED) is 0.723. The molecule has 0 fully saturated rings. The van der Waals surface area contributed by atoms with Crippen molar-refractivity contribution in [2.24, 2.45) is 0 Å². The number of carbonyl (C=O) groups excluding carboxylic acids is 1. The first-order valence-electron chi connectivity index (χ1n) is 8.11. The van der Waals surface area contributed by atoms with Crippen molar-refractivity contribution in [1.29, 1.82) is 0 Å². The largest absolute Gasteiger partial charge is 0.326 e. The number of hydrogen-bond acceptors (Lipinski definition) is 5. The van der Waals surface area contributed by atoms with Gasteiger partial charge in [-0.1, -0.05) is 34.9 Å². The predicted molar refractivity (Wildman–Crippen MR) is 98.8 cm³/mol. The second-order valence-electron chi connectivity index (χ2n) is 6.00. The lowest BCUT2D eigenvalue weighted by Crippen LogP contribution is -2.32. The van der Waals surface area contributed by atoms with Gasteiger partial charge >= 0.3 is 0 Å². The number of anilines is 2. The molecular weight excluding hydrogens is 371 g/mol. The van der Waals surface area contributed by atoms with Gasteiger partial charge in [-0.2, -0.15) is 4.68 Å². The number of aromatic nitrogens is 4. The molecule has 9 heteroatoms. The van der Waals surface area contributed by atoms with Crippen molar-refractivity contribution in [2.45, 2.75) is 13.0 Å². The van der Waals surface area contributed by atoms with Crippen LogP contribution in [0.3, 0.4) is 0 Å². The number of fused-ring (bicyclic) bond motifs is 1. The van der Waals surface area contributed by atoms with E-state index in [1.807, 2.05) is 0 Å². The first-order chi connectivity index (χ1) is 13.0. The molecule has 0 unspecified atom stereocenters. The predicted octanol–water partition coefficient (Wildman–Crippen LogP) is 3.39. The zero-order valence-corrected chi connectivity index (χ0v) is 14.9. The number of nitrogens with zero attached hydrogens (tertiary/aromatic N) is 4. The Bertz CT molecular complexity index is 1050. The van der Waals surface area contributed by atoms with E-state index in [2.05, 4.69) is 26.2 Å². The summed E-state index contributed by atoms with van der Waals surface area (Å²) in [5.41, 5.74) is 1.72. The molecule has 27 heavy (non-hydrogen) atoms. The summed E-state index contributed by atoms with van der Waals surface area (Å²) in [6, 6.07) is 12.2. The molecule has 1 aliphatic rings. The van der Waals surface area contributed by atoms with Crippen molar-refractivity contribution in [1.82, 2.24) is 20.2 Å². The molecule has 1 aromatic heterocycles. The average Bonchev–Trinajstić information content (AvgIpc) is 3.11. The van der Waals surface area contributed by atoms with Crippen LogP contribution < -0.4 is 10.6 Å². The molecule has 2 heterocycles. The van der Waals surface area contributed by atoms with Gasteiger partial charge in [-0.05, 0) is 47.7 Å². The summed E-state index contributed by atoms with van der Waals surface area (Å²) in [7, 11) is 0. The van der Waals surface area contributed by atoms with Crippen LogP contribution in [-0.2, 0) is 4.79 Å². The van der Waals surface area contributed by atoms with Crippen molar-refractivity contribution in [3.63, 3.8) is 0 Å². The number of carbonyl (C=O) groups is 1. The number of allylic oxidation sites excluding steroid dienone is 1. The van der Waals surface area contributed by atoms with Gasteiger partial charge in [0, 0.05) is 22.0 Å². The van der Waals surface area contributed by atoms with Gasteiger partial charge < -0.3 is 10.6 Å². The molecule has 3 aromatic rings. The van der Waals surface area contributed by atoms with Gasteiger partial charge in [0.25, 0.3) is 5.91 Å². The third kappa shape index (κ3) is 3.15. The molecule has 136 valence electrons. The molecule has 0 bridgehead atoms. The van der Waals surface area contributed by atoms with Gasteiger partial charge in [-0.15, -0.1) is 0 Å². The van der Waals surface area contributed by atoms with E-state index in [1.54, 1.807) is 49.4 Å². The van der Waals surface area contributed by atoms with Crippen LogP contribution in [0.2, 0.25) is 5.02 Å². The third-order valence-electron chi connectivity index (χ3n) is 4.26. The topological polar surface area (TPSA) is 84.7 Å². The minimum atomic E-state index is -0.801. The van der Waals surface area contributed by atoms with Crippen molar-refractivity contribution < 1.29 is 9.18 Å². The lowest BCUT2D eigenvalue weighted by Gasteiger charge is -2.28. The number of nitrogens with one attached hydrogen (secondary N) is 2. The first-order valence-corrected chi connectivity index (χ1v) is 8.49. The molecular formula is C18H14ClFN6O. The fraction of sp³-hybridized carbons (Fsp3) is 0.111. The highest BCUT2D eigenvalue weighted by Crippen LogP contribution is 2.35.